The van der Waals surface area contributed by atoms with Crippen molar-refractivity contribution in [2.45, 2.75) is 33.6 Å². The van der Waals surface area contributed by atoms with Crippen LogP contribution in [-0.4, -0.2) is 5.78 Å². The van der Waals surface area contributed by atoms with Crippen LogP contribution < -0.4 is 0 Å². The summed E-state index contributed by atoms with van der Waals surface area (Å²) < 4.78 is 0. The first-order chi connectivity index (χ1) is 6.59. The van der Waals surface area contributed by atoms with Crippen molar-refractivity contribution < 1.29 is 4.79 Å². The van der Waals surface area contributed by atoms with Gasteiger partial charge >= 0.3 is 0 Å². The number of hydrogen-bond donors (Lipinski definition) is 0. The molecular weight excluding hydrogens is 172 g/mol. The van der Waals surface area contributed by atoms with E-state index in [0.29, 0.717) is 12.3 Å². The van der Waals surface area contributed by atoms with Crippen LogP contribution in [0.3, 0.4) is 0 Å². The zero-order chi connectivity index (χ0) is 10.6. The van der Waals surface area contributed by atoms with E-state index in [1.165, 1.54) is 5.56 Å². The summed E-state index contributed by atoms with van der Waals surface area (Å²) in [5, 5.41) is 0. The highest BCUT2D eigenvalue weighted by molar-refractivity contribution is 5.96. The first-order valence-corrected chi connectivity index (χ1v) is 5.19. The molecule has 0 aliphatic carbocycles. The Morgan fingerprint density at radius 3 is 2.29 bits per heavy atom. The molecule has 1 heteroatoms. The molecule has 0 radical (unpaired) electrons. The van der Waals surface area contributed by atoms with Gasteiger partial charge in [-0.25, -0.2) is 0 Å². The van der Waals surface area contributed by atoms with Gasteiger partial charge in [-0.3, -0.25) is 4.79 Å². The third-order valence-electron chi connectivity index (χ3n) is 2.32. The average Bonchev–Trinajstić information content (AvgIpc) is 2.15. The van der Waals surface area contributed by atoms with Crippen molar-refractivity contribution in [3.05, 3.63) is 35.4 Å². The molecule has 1 rings (SSSR count). The van der Waals surface area contributed by atoms with E-state index in [1.807, 2.05) is 31.2 Å². The van der Waals surface area contributed by atoms with Crippen molar-refractivity contribution in [1.82, 2.24) is 0 Å². The molecule has 0 aromatic heterocycles. The molecule has 0 amide bonds. The minimum atomic E-state index is 0.263. The average molecular weight is 190 g/mol. The first kappa shape index (κ1) is 11.0. The van der Waals surface area contributed by atoms with Crippen LogP contribution in [-0.2, 0) is 0 Å². The van der Waals surface area contributed by atoms with Crippen LogP contribution in [0.4, 0.5) is 0 Å². The lowest BCUT2D eigenvalue weighted by Crippen LogP contribution is -2.01. The fraction of sp³-hybridized carbons (Fsp3) is 0.462. The summed E-state index contributed by atoms with van der Waals surface area (Å²) in [5.41, 5.74) is 2.04. The first-order valence-electron chi connectivity index (χ1n) is 5.19. The molecule has 0 saturated carbocycles. The third kappa shape index (κ3) is 3.33. The molecule has 1 nitrogen and oxygen atoms in total. The van der Waals surface area contributed by atoms with E-state index < -0.39 is 0 Å². The van der Waals surface area contributed by atoms with Gasteiger partial charge in [0.15, 0.2) is 5.78 Å². The normalized spacial score (nSPS) is 10.6. The summed E-state index contributed by atoms with van der Waals surface area (Å²) >= 11 is 0. The van der Waals surface area contributed by atoms with E-state index in [0.717, 1.165) is 12.0 Å². The maximum Gasteiger partial charge on any atom is 0.162 e. The summed E-state index contributed by atoms with van der Waals surface area (Å²) in [6, 6.07) is 7.81. The number of carbonyl (C=O) groups is 1. The van der Waals surface area contributed by atoms with Gasteiger partial charge in [-0.15, -0.1) is 0 Å². The topological polar surface area (TPSA) is 17.1 Å². The van der Waals surface area contributed by atoms with E-state index in [4.69, 9.17) is 0 Å². The molecule has 0 N–H and O–H groups in total. The Kier molecular flexibility index (Phi) is 3.87. The molecular formula is C13H18O. The fourth-order valence-corrected chi connectivity index (χ4v) is 1.30. The zero-order valence-corrected chi connectivity index (χ0v) is 9.21. The molecule has 14 heavy (non-hydrogen) atoms. The van der Waals surface area contributed by atoms with Crippen LogP contribution in [0.2, 0.25) is 0 Å². The Morgan fingerprint density at radius 2 is 1.79 bits per heavy atom. The van der Waals surface area contributed by atoms with Crippen LogP contribution >= 0.6 is 0 Å². The highest BCUT2D eigenvalue weighted by Gasteiger charge is 2.05. The maximum atomic E-state index is 11.7. The summed E-state index contributed by atoms with van der Waals surface area (Å²) in [4.78, 5) is 11.7. The lowest BCUT2D eigenvalue weighted by molar-refractivity contribution is 0.0975. The molecule has 0 spiro atoms. The van der Waals surface area contributed by atoms with Gasteiger partial charge < -0.3 is 0 Å². The molecule has 0 unspecified atom stereocenters. The molecule has 0 aliphatic rings. The van der Waals surface area contributed by atoms with Gasteiger partial charge in [-0.1, -0.05) is 43.7 Å². The predicted octanol–water partition coefficient (Wildman–Crippen LogP) is 3.61. The van der Waals surface area contributed by atoms with E-state index in [1.54, 1.807) is 0 Å². The lowest BCUT2D eigenvalue weighted by atomic mass is 10.0. The highest BCUT2D eigenvalue weighted by Crippen LogP contribution is 2.10. The second-order valence-corrected chi connectivity index (χ2v) is 4.22. The van der Waals surface area contributed by atoms with E-state index in [2.05, 4.69) is 13.8 Å². The third-order valence-corrected chi connectivity index (χ3v) is 2.32. The largest absolute Gasteiger partial charge is 0.294 e. The Balaban J connectivity index is 2.57. The number of Topliss-reactive ketones (excluding diaryl/α,β-unsaturated/α-hetero) is 1. The van der Waals surface area contributed by atoms with E-state index in [-0.39, 0.29) is 5.78 Å². The Bertz CT molecular complexity index is 296. The number of ketones is 1. The molecule has 0 heterocycles. The summed E-state index contributed by atoms with van der Waals surface area (Å²) in [6.45, 7) is 6.31. The minimum absolute atomic E-state index is 0.263. The van der Waals surface area contributed by atoms with Gasteiger partial charge in [-0.2, -0.15) is 0 Å². The Morgan fingerprint density at radius 1 is 1.21 bits per heavy atom. The van der Waals surface area contributed by atoms with Crippen LogP contribution in [0.15, 0.2) is 24.3 Å². The summed E-state index contributed by atoms with van der Waals surface area (Å²) in [6.07, 6.45) is 1.65. The second kappa shape index (κ2) is 4.94. The SMILES string of the molecule is Cc1ccc(C(=O)CCC(C)C)cc1. The van der Waals surface area contributed by atoms with Gasteiger partial charge in [0.05, 0.1) is 0 Å². The van der Waals surface area contributed by atoms with Crippen LogP contribution in [0, 0.1) is 12.8 Å². The van der Waals surface area contributed by atoms with Gasteiger partial charge in [0, 0.05) is 12.0 Å². The van der Waals surface area contributed by atoms with Crippen LogP contribution in [0.5, 0.6) is 0 Å². The van der Waals surface area contributed by atoms with Gasteiger partial charge in [0.2, 0.25) is 0 Å². The quantitative estimate of drug-likeness (QED) is 0.663. The zero-order valence-electron chi connectivity index (χ0n) is 9.21. The number of hydrogen-bond acceptors (Lipinski definition) is 1. The Labute approximate surface area is 86.1 Å². The monoisotopic (exact) mass is 190 g/mol. The van der Waals surface area contributed by atoms with Gasteiger partial charge in [-0.05, 0) is 19.3 Å². The maximum absolute atomic E-state index is 11.7. The summed E-state index contributed by atoms with van der Waals surface area (Å²) in [7, 11) is 0. The number of rotatable bonds is 4. The smallest absolute Gasteiger partial charge is 0.162 e. The van der Waals surface area contributed by atoms with Crippen molar-refractivity contribution >= 4 is 5.78 Å². The molecule has 1 aromatic rings. The standard InChI is InChI=1S/C13H18O/c1-10(2)4-9-13(14)12-7-5-11(3)6-8-12/h5-8,10H,4,9H2,1-3H3. The van der Waals surface area contributed by atoms with Crippen molar-refractivity contribution in [3.63, 3.8) is 0 Å². The van der Waals surface area contributed by atoms with Crippen LogP contribution in [0.25, 0.3) is 0 Å². The molecule has 1 aromatic carbocycles. The van der Waals surface area contributed by atoms with Crippen molar-refractivity contribution in [2.75, 3.05) is 0 Å². The van der Waals surface area contributed by atoms with Crippen molar-refractivity contribution in [2.24, 2.45) is 5.92 Å². The fourth-order valence-electron chi connectivity index (χ4n) is 1.30. The molecule has 0 fully saturated rings. The molecule has 0 bridgehead atoms. The van der Waals surface area contributed by atoms with Gasteiger partial charge in [0.25, 0.3) is 0 Å². The van der Waals surface area contributed by atoms with Crippen molar-refractivity contribution in [1.29, 1.82) is 0 Å². The van der Waals surface area contributed by atoms with Crippen molar-refractivity contribution in [3.8, 4) is 0 Å². The minimum Gasteiger partial charge on any atom is -0.294 e. The number of benzene rings is 1. The number of aryl methyl sites for hydroxylation is 1. The van der Waals surface area contributed by atoms with E-state index >= 15 is 0 Å². The van der Waals surface area contributed by atoms with Crippen LogP contribution in [0.1, 0.15) is 42.6 Å². The van der Waals surface area contributed by atoms with Gasteiger partial charge in [0.1, 0.15) is 0 Å². The Hall–Kier alpha value is -1.11. The highest BCUT2D eigenvalue weighted by atomic mass is 16.1. The molecule has 76 valence electrons. The summed E-state index contributed by atoms with van der Waals surface area (Å²) in [5.74, 6) is 0.864. The molecule has 0 aliphatic heterocycles. The second-order valence-electron chi connectivity index (χ2n) is 4.22. The molecule has 0 saturated heterocycles. The molecule has 0 atom stereocenters. The van der Waals surface area contributed by atoms with E-state index in [9.17, 15) is 4.79 Å². The number of carbonyl (C=O) groups excluding carboxylic acids is 1. The predicted molar refractivity (Wildman–Crippen MR) is 59.6 cm³/mol. The lowest BCUT2D eigenvalue weighted by Gasteiger charge is -2.04.